The van der Waals surface area contributed by atoms with E-state index in [1.165, 1.54) is 0 Å². The van der Waals surface area contributed by atoms with Gasteiger partial charge in [-0.15, -0.1) is 11.3 Å². The number of nitrogens with zero attached hydrogens (tertiary/aromatic N) is 2. The van der Waals surface area contributed by atoms with Crippen molar-refractivity contribution in [1.29, 1.82) is 0 Å². The first kappa shape index (κ1) is 18.4. The van der Waals surface area contributed by atoms with E-state index in [1.807, 2.05) is 34.5 Å². The number of halogens is 1. The summed E-state index contributed by atoms with van der Waals surface area (Å²) < 4.78 is 0. The number of hydrogen-bond donors (Lipinski definition) is 1. The molecule has 2 heterocycles. The smallest absolute Gasteiger partial charge is 0.229 e. The lowest BCUT2D eigenvalue weighted by Gasteiger charge is -2.36. The molecule has 1 aromatic carbocycles. The standard InChI is InChI=1S/C19H24ClN3OS/c1-19(2,3)18-22-15(12-25-18)10-17(24)23-8-7-21-11-16(23)13-5-4-6-14(20)9-13/h4-6,9,12,16,21H,7-8,10-11H2,1-3H3. The SMILES string of the molecule is CC(C)(C)c1nc(CC(=O)N2CCNCC2c2cccc(Cl)c2)cs1. The molecular formula is C19H24ClN3OS. The fraction of sp³-hybridized carbons (Fsp3) is 0.474. The van der Waals surface area contributed by atoms with Gasteiger partial charge in [-0.1, -0.05) is 44.5 Å². The Bertz CT molecular complexity index is 753. The molecule has 1 aromatic heterocycles. The summed E-state index contributed by atoms with van der Waals surface area (Å²) in [6, 6.07) is 7.78. The number of carbonyl (C=O) groups excluding carboxylic acids is 1. The van der Waals surface area contributed by atoms with Gasteiger partial charge in [0.1, 0.15) is 0 Å². The third-order valence-electron chi connectivity index (χ3n) is 4.32. The lowest BCUT2D eigenvalue weighted by atomic mass is 9.98. The monoisotopic (exact) mass is 377 g/mol. The van der Waals surface area contributed by atoms with Crippen molar-refractivity contribution in [3.63, 3.8) is 0 Å². The Labute approximate surface area is 158 Å². The van der Waals surface area contributed by atoms with Crippen LogP contribution in [0.5, 0.6) is 0 Å². The number of piperazine rings is 1. The second-order valence-electron chi connectivity index (χ2n) is 7.43. The highest BCUT2D eigenvalue weighted by atomic mass is 35.5. The molecule has 1 atom stereocenters. The minimum Gasteiger partial charge on any atom is -0.333 e. The molecular weight excluding hydrogens is 354 g/mol. The Hall–Kier alpha value is -1.43. The molecule has 1 amide bonds. The van der Waals surface area contributed by atoms with Gasteiger partial charge in [0.15, 0.2) is 0 Å². The molecule has 1 N–H and O–H groups in total. The first-order chi connectivity index (χ1) is 11.8. The zero-order chi connectivity index (χ0) is 18.0. The molecule has 0 radical (unpaired) electrons. The molecule has 1 aliphatic rings. The predicted molar refractivity (Wildman–Crippen MR) is 103 cm³/mol. The van der Waals surface area contributed by atoms with Gasteiger partial charge in [0.2, 0.25) is 5.91 Å². The highest BCUT2D eigenvalue weighted by molar-refractivity contribution is 7.09. The topological polar surface area (TPSA) is 45.2 Å². The van der Waals surface area contributed by atoms with E-state index in [0.29, 0.717) is 18.0 Å². The summed E-state index contributed by atoms with van der Waals surface area (Å²) in [4.78, 5) is 19.5. The molecule has 4 nitrogen and oxygen atoms in total. The van der Waals surface area contributed by atoms with Gasteiger partial charge in [-0.3, -0.25) is 4.79 Å². The van der Waals surface area contributed by atoms with Crippen LogP contribution in [-0.4, -0.2) is 35.4 Å². The zero-order valence-electron chi connectivity index (χ0n) is 14.9. The third kappa shape index (κ3) is 4.40. The van der Waals surface area contributed by atoms with Crippen LogP contribution in [0.1, 0.15) is 43.1 Å². The zero-order valence-corrected chi connectivity index (χ0v) is 16.5. The summed E-state index contributed by atoms with van der Waals surface area (Å²) in [7, 11) is 0. The van der Waals surface area contributed by atoms with Crippen molar-refractivity contribution in [1.82, 2.24) is 15.2 Å². The van der Waals surface area contributed by atoms with E-state index in [2.05, 4.69) is 31.1 Å². The molecule has 0 saturated carbocycles. The minimum absolute atomic E-state index is 0.0145. The normalized spacial score (nSPS) is 18.4. The largest absolute Gasteiger partial charge is 0.333 e. The van der Waals surface area contributed by atoms with Crippen LogP contribution in [0.25, 0.3) is 0 Å². The van der Waals surface area contributed by atoms with Crippen LogP contribution < -0.4 is 5.32 Å². The van der Waals surface area contributed by atoms with Crippen LogP contribution in [0.3, 0.4) is 0 Å². The summed E-state index contributed by atoms with van der Waals surface area (Å²) >= 11 is 7.77. The van der Waals surface area contributed by atoms with E-state index in [-0.39, 0.29) is 17.4 Å². The van der Waals surface area contributed by atoms with Gasteiger partial charge >= 0.3 is 0 Å². The van der Waals surface area contributed by atoms with Crippen molar-refractivity contribution in [2.45, 2.75) is 38.6 Å². The fourth-order valence-electron chi connectivity index (χ4n) is 3.00. The maximum Gasteiger partial charge on any atom is 0.229 e. The Morgan fingerprint density at radius 2 is 2.24 bits per heavy atom. The van der Waals surface area contributed by atoms with E-state index in [0.717, 1.165) is 29.4 Å². The molecule has 1 unspecified atom stereocenters. The van der Waals surface area contributed by atoms with Crippen LogP contribution in [-0.2, 0) is 16.6 Å². The number of amides is 1. The third-order valence-corrected chi connectivity index (χ3v) is 5.87. The summed E-state index contributed by atoms with van der Waals surface area (Å²) in [5.41, 5.74) is 1.95. The van der Waals surface area contributed by atoms with Crippen molar-refractivity contribution in [2.75, 3.05) is 19.6 Å². The predicted octanol–water partition coefficient (Wildman–Crippen LogP) is 3.81. The van der Waals surface area contributed by atoms with Gasteiger partial charge in [-0.2, -0.15) is 0 Å². The van der Waals surface area contributed by atoms with E-state index in [4.69, 9.17) is 11.6 Å². The Balaban J connectivity index is 1.76. The molecule has 0 spiro atoms. The number of carbonyl (C=O) groups is 1. The summed E-state index contributed by atoms with van der Waals surface area (Å²) in [5.74, 6) is 0.122. The lowest BCUT2D eigenvalue weighted by Crippen LogP contribution is -2.49. The van der Waals surface area contributed by atoms with Gasteiger partial charge in [-0.05, 0) is 17.7 Å². The van der Waals surface area contributed by atoms with Crippen molar-refractivity contribution >= 4 is 28.8 Å². The Kier molecular flexibility index (Phi) is 5.46. The Morgan fingerprint density at radius 1 is 1.44 bits per heavy atom. The van der Waals surface area contributed by atoms with E-state index >= 15 is 0 Å². The van der Waals surface area contributed by atoms with Gasteiger partial charge in [0.25, 0.3) is 0 Å². The molecule has 2 aromatic rings. The van der Waals surface area contributed by atoms with Gasteiger partial charge in [0.05, 0.1) is 23.2 Å². The van der Waals surface area contributed by atoms with E-state index < -0.39 is 0 Å². The molecule has 1 aliphatic heterocycles. The van der Waals surface area contributed by atoms with Crippen molar-refractivity contribution in [2.24, 2.45) is 0 Å². The van der Waals surface area contributed by atoms with Crippen molar-refractivity contribution < 1.29 is 4.79 Å². The molecule has 1 saturated heterocycles. The lowest BCUT2D eigenvalue weighted by molar-refractivity contribution is -0.133. The maximum atomic E-state index is 12.9. The molecule has 3 rings (SSSR count). The van der Waals surface area contributed by atoms with Gasteiger partial charge in [-0.25, -0.2) is 4.98 Å². The second-order valence-corrected chi connectivity index (χ2v) is 8.73. The van der Waals surface area contributed by atoms with Crippen molar-refractivity contribution in [3.8, 4) is 0 Å². The second kappa shape index (κ2) is 7.44. The van der Waals surface area contributed by atoms with Crippen LogP contribution in [0.2, 0.25) is 5.02 Å². The average Bonchev–Trinajstić information content (AvgIpc) is 3.03. The number of aromatic nitrogens is 1. The van der Waals surface area contributed by atoms with E-state index in [9.17, 15) is 4.79 Å². The highest BCUT2D eigenvalue weighted by Gasteiger charge is 2.28. The number of rotatable bonds is 3. The maximum absolute atomic E-state index is 12.9. The summed E-state index contributed by atoms with van der Waals surface area (Å²) in [5, 5.41) is 7.15. The molecule has 134 valence electrons. The van der Waals surface area contributed by atoms with Crippen LogP contribution in [0.4, 0.5) is 0 Å². The average molecular weight is 378 g/mol. The van der Waals surface area contributed by atoms with Crippen molar-refractivity contribution in [3.05, 3.63) is 50.9 Å². The minimum atomic E-state index is 0.0145. The number of thiazole rings is 1. The summed E-state index contributed by atoms with van der Waals surface area (Å²) in [6.45, 7) is 8.69. The highest BCUT2D eigenvalue weighted by Crippen LogP contribution is 2.28. The molecule has 0 aliphatic carbocycles. The number of benzene rings is 1. The first-order valence-corrected chi connectivity index (χ1v) is 9.81. The quantitative estimate of drug-likeness (QED) is 0.884. The van der Waals surface area contributed by atoms with Crippen LogP contribution >= 0.6 is 22.9 Å². The molecule has 1 fully saturated rings. The fourth-order valence-corrected chi connectivity index (χ4v) is 4.11. The van der Waals surface area contributed by atoms with Gasteiger partial charge < -0.3 is 10.2 Å². The Morgan fingerprint density at radius 3 is 2.92 bits per heavy atom. The summed E-state index contributed by atoms with van der Waals surface area (Å²) in [6.07, 6.45) is 0.351. The molecule has 0 bridgehead atoms. The molecule has 25 heavy (non-hydrogen) atoms. The number of hydrogen-bond acceptors (Lipinski definition) is 4. The molecule has 6 heteroatoms. The van der Waals surface area contributed by atoms with E-state index in [1.54, 1.807) is 11.3 Å². The van der Waals surface area contributed by atoms with Crippen LogP contribution in [0, 0.1) is 0 Å². The number of nitrogens with one attached hydrogen (secondary N) is 1. The van der Waals surface area contributed by atoms with Crippen LogP contribution in [0.15, 0.2) is 29.6 Å². The first-order valence-electron chi connectivity index (χ1n) is 8.55. The van der Waals surface area contributed by atoms with Gasteiger partial charge in [0, 0.05) is 35.5 Å².